The van der Waals surface area contributed by atoms with Gasteiger partial charge >= 0.3 is 5.97 Å². The van der Waals surface area contributed by atoms with Gasteiger partial charge in [0, 0.05) is 39.7 Å². The first-order valence-corrected chi connectivity index (χ1v) is 11.5. The number of hydrogen-bond donors (Lipinski definition) is 3. The number of nitriles is 1. The zero-order valence-corrected chi connectivity index (χ0v) is 19.9. The molecular formula is C24H22ClN5O2S. The molecule has 33 heavy (non-hydrogen) atoms. The van der Waals surface area contributed by atoms with Gasteiger partial charge in [0.1, 0.15) is 17.5 Å². The van der Waals surface area contributed by atoms with Gasteiger partial charge in [0.05, 0.1) is 22.7 Å². The molecule has 1 unspecified atom stereocenters. The number of aromatic amines is 1. The minimum atomic E-state index is -0.902. The Morgan fingerprint density at radius 1 is 1.42 bits per heavy atom. The number of pyridine rings is 2. The molecule has 1 atom stereocenters. The Morgan fingerprint density at radius 3 is 2.88 bits per heavy atom. The summed E-state index contributed by atoms with van der Waals surface area (Å²) in [5.74, 6) is -0.370. The van der Waals surface area contributed by atoms with Gasteiger partial charge in [-0.05, 0) is 36.1 Å². The number of H-pyrrole nitrogens is 1. The smallest absolute Gasteiger partial charge is 0.305 e. The average Bonchev–Trinajstić information content (AvgIpc) is 3.44. The lowest BCUT2D eigenvalue weighted by atomic mass is 9.81. The van der Waals surface area contributed by atoms with Crippen LogP contribution in [0.15, 0.2) is 42.0 Å². The van der Waals surface area contributed by atoms with Crippen LogP contribution in [0.3, 0.4) is 0 Å². The second kappa shape index (κ2) is 8.85. The van der Waals surface area contributed by atoms with Crippen molar-refractivity contribution in [3.8, 4) is 17.3 Å². The number of hydrogen-bond acceptors (Lipinski definition) is 6. The summed E-state index contributed by atoms with van der Waals surface area (Å²) in [5, 5.41) is 26.0. The first-order valence-electron chi connectivity index (χ1n) is 10.3. The second-order valence-electron chi connectivity index (χ2n) is 8.41. The van der Waals surface area contributed by atoms with Crippen LogP contribution in [0.5, 0.6) is 0 Å². The van der Waals surface area contributed by atoms with Crippen molar-refractivity contribution in [3.63, 3.8) is 0 Å². The average molecular weight is 480 g/mol. The number of halogens is 1. The molecule has 0 saturated carbocycles. The van der Waals surface area contributed by atoms with Crippen molar-refractivity contribution in [3.05, 3.63) is 63.1 Å². The summed E-state index contributed by atoms with van der Waals surface area (Å²) in [4.78, 5) is 25.0. The fourth-order valence-electron chi connectivity index (χ4n) is 3.87. The molecule has 9 heteroatoms. The lowest BCUT2D eigenvalue weighted by Gasteiger charge is -2.34. The molecule has 0 aliphatic rings. The van der Waals surface area contributed by atoms with E-state index in [1.165, 1.54) is 0 Å². The van der Waals surface area contributed by atoms with Gasteiger partial charge in [-0.25, -0.2) is 9.97 Å². The molecule has 0 spiro atoms. The number of nitrogens with one attached hydrogen (secondary N) is 2. The van der Waals surface area contributed by atoms with E-state index < -0.39 is 17.4 Å². The van der Waals surface area contributed by atoms with Crippen LogP contribution in [-0.2, 0) is 10.2 Å². The van der Waals surface area contributed by atoms with Crippen LogP contribution in [0, 0.1) is 18.3 Å². The maximum atomic E-state index is 11.7. The highest BCUT2D eigenvalue weighted by Gasteiger charge is 2.34. The van der Waals surface area contributed by atoms with Gasteiger partial charge in [-0.3, -0.25) is 4.79 Å². The number of aliphatic carboxylic acids is 1. The summed E-state index contributed by atoms with van der Waals surface area (Å²) in [6, 6.07) is 9.29. The number of anilines is 1. The van der Waals surface area contributed by atoms with Gasteiger partial charge in [-0.1, -0.05) is 31.5 Å². The van der Waals surface area contributed by atoms with Crippen molar-refractivity contribution in [2.24, 2.45) is 0 Å². The fraction of sp³-hybridized carbons (Fsp3) is 0.250. The van der Waals surface area contributed by atoms with E-state index in [0.717, 1.165) is 15.8 Å². The van der Waals surface area contributed by atoms with Gasteiger partial charge in [0.2, 0.25) is 0 Å². The van der Waals surface area contributed by atoms with Crippen LogP contribution < -0.4 is 5.32 Å². The highest BCUT2D eigenvalue weighted by Crippen LogP contribution is 2.36. The Kier molecular flexibility index (Phi) is 6.11. The third-order valence-corrected chi connectivity index (χ3v) is 7.22. The quantitative estimate of drug-likeness (QED) is 0.310. The van der Waals surface area contributed by atoms with Gasteiger partial charge in [0.25, 0.3) is 0 Å². The van der Waals surface area contributed by atoms with Crippen LogP contribution >= 0.6 is 22.9 Å². The standard InChI is InChI=1S/C24H22ClN5O2S/c1-13-7-14(10-26)21(17-12-28-23-16(17)8-15(25)11-27-23)30-22(13)29-18(9-20(31)32)24(2,3)19-5-4-6-33-19/h4-8,11-12,18H,9H2,1-3H3,(H,27,28)(H,29,30)(H,31,32). The molecule has 0 radical (unpaired) electrons. The molecule has 0 aromatic carbocycles. The van der Waals surface area contributed by atoms with Crippen molar-refractivity contribution in [2.75, 3.05) is 5.32 Å². The molecule has 168 valence electrons. The van der Waals surface area contributed by atoms with E-state index in [0.29, 0.717) is 33.3 Å². The number of nitrogens with zero attached hydrogens (tertiary/aromatic N) is 3. The lowest BCUT2D eigenvalue weighted by Crippen LogP contribution is -2.41. The Labute approximate surface area is 200 Å². The van der Waals surface area contributed by atoms with Crippen molar-refractivity contribution in [2.45, 2.75) is 38.6 Å². The van der Waals surface area contributed by atoms with E-state index in [2.05, 4.69) is 21.4 Å². The number of fused-ring (bicyclic) bond motifs is 1. The monoisotopic (exact) mass is 479 g/mol. The molecule has 0 aliphatic heterocycles. The number of aryl methyl sites for hydroxylation is 1. The van der Waals surface area contributed by atoms with Crippen LogP contribution in [-0.4, -0.2) is 32.1 Å². The van der Waals surface area contributed by atoms with E-state index in [1.54, 1.807) is 35.9 Å². The van der Waals surface area contributed by atoms with E-state index in [-0.39, 0.29) is 6.42 Å². The molecule has 0 fully saturated rings. The number of carbonyl (C=O) groups is 1. The Morgan fingerprint density at radius 2 is 2.21 bits per heavy atom. The van der Waals surface area contributed by atoms with Crippen LogP contribution in [0.2, 0.25) is 5.02 Å². The van der Waals surface area contributed by atoms with Gasteiger partial charge in [0.15, 0.2) is 0 Å². The van der Waals surface area contributed by atoms with Gasteiger partial charge in [-0.2, -0.15) is 5.26 Å². The van der Waals surface area contributed by atoms with Gasteiger partial charge < -0.3 is 15.4 Å². The van der Waals surface area contributed by atoms with E-state index >= 15 is 0 Å². The summed E-state index contributed by atoms with van der Waals surface area (Å²) in [6.07, 6.45) is 3.21. The normalized spacial score (nSPS) is 12.5. The topological polar surface area (TPSA) is 115 Å². The second-order valence-corrected chi connectivity index (χ2v) is 9.79. The molecule has 4 aromatic rings. The molecule has 0 aliphatic carbocycles. The third-order valence-electron chi connectivity index (χ3n) is 5.80. The maximum Gasteiger partial charge on any atom is 0.305 e. The third kappa shape index (κ3) is 4.42. The summed E-state index contributed by atoms with van der Waals surface area (Å²) < 4.78 is 0. The molecular weight excluding hydrogens is 458 g/mol. The number of rotatable bonds is 7. The van der Waals surface area contributed by atoms with Crippen LogP contribution in [0.25, 0.3) is 22.3 Å². The van der Waals surface area contributed by atoms with E-state index in [9.17, 15) is 15.2 Å². The summed E-state index contributed by atoms with van der Waals surface area (Å²) in [5.41, 5.74) is 2.51. The molecule has 4 rings (SSSR count). The molecule has 7 nitrogen and oxygen atoms in total. The largest absolute Gasteiger partial charge is 0.481 e. The molecule has 0 amide bonds. The highest BCUT2D eigenvalue weighted by molar-refractivity contribution is 7.10. The van der Waals surface area contributed by atoms with E-state index in [1.807, 2.05) is 38.3 Å². The highest BCUT2D eigenvalue weighted by atomic mass is 35.5. The first kappa shape index (κ1) is 22.8. The number of carboxylic acid groups (broad SMARTS) is 1. The van der Waals surface area contributed by atoms with Crippen molar-refractivity contribution in [1.29, 1.82) is 5.26 Å². The summed E-state index contributed by atoms with van der Waals surface area (Å²) >= 11 is 7.74. The molecule has 0 bridgehead atoms. The van der Waals surface area contributed by atoms with Crippen molar-refractivity contribution >= 4 is 45.8 Å². The predicted octanol–water partition coefficient (Wildman–Crippen LogP) is 5.75. The Balaban J connectivity index is 1.81. The molecule has 4 aromatic heterocycles. The minimum absolute atomic E-state index is 0.0893. The van der Waals surface area contributed by atoms with Crippen molar-refractivity contribution < 1.29 is 9.90 Å². The Hall–Kier alpha value is -3.41. The number of aromatic nitrogens is 3. The van der Waals surface area contributed by atoms with Gasteiger partial charge in [-0.15, -0.1) is 11.3 Å². The van der Waals surface area contributed by atoms with E-state index in [4.69, 9.17) is 16.6 Å². The van der Waals surface area contributed by atoms with Crippen LogP contribution in [0.4, 0.5) is 5.82 Å². The zero-order chi connectivity index (χ0) is 23.8. The number of thiophene rings is 1. The molecule has 0 saturated heterocycles. The SMILES string of the molecule is Cc1cc(C#N)c(-c2c[nH]c3ncc(Cl)cc23)nc1NC(CC(=O)O)C(C)(C)c1cccs1. The fourth-order valence-corrected chi connectivity index (χ4v) is 4.93. The van der Waals surface area contributed by atoms with Crippen LogP contribution in [0.1, 0.15) is 36.3 Å². The number of carboxylic acids is 1. The summed E-state index contributed by atoms with van der Waals surface area (Å²) in [7, 11) is 0. The van der Waals surface area contributed by atoms with Crippen molar-refractivity contribution in [1.82, 2.24) is 15.0 Å². The zero-order valence-electron chi connectivity index (χ0n) is 18.3. The Bertz CT molecular complexity index is 1370. The first-order chi connectivity index (χ1) is 15.7. The lowest BCUT2D eigenvalue weighted by molar-refractivity contribution is -0.137. The predicted molar refractivity (Wildman–Crippen MR) is 131 cm³/mol. The summed E-state index contributed by atoms with van der Waals surface area (Å²) in [6.45, 7) is 5.89. The molecule has 3 N–H and O–H groups in total. The maximum absolute atomic E-state index is 11.7. The molecule has 4 heterocycles. The minimum Gasteiger partial charge on any atom is -0.481 e.